The lowest BCUT2D eigenvalue weighted by Crippen LogP contribution is -2.31. The Morgan fingerprint density at radius 2 is 1.09 bits per heavy atom. The Hall–Kier alpha value is -6.96. The molecule has 2 aliphatic rings. The third-order valence-corrected chi connectivity index (χ3v) is 14.1. The summed E-state index contributed by atoms with van der Waals surface area (Å²) in [6.07, 6.45) is 8.71. The molecule has 0 aliphatic heterocycles. The molecule has 2 aliphatic carbocycles. The molecule has 408 valence electrons. The fourth-order valence-corrected chi connectivity index (χ4v) is 9.78. The van der Waals surface area contributed by atoms with E-state index in [-0.39, 0.29) is 48.8 Å². The predicted molar refractivity (Wildman–Crippen MR) is 314 cm³/mol. The molecule has 8 rings (SSSR count). The molecule has 0 radical (unpaired) electrons. The lowest BCUT2D eigenvalue weighted by atomic mass is 9.79. The van der Waals surface area contributed by atoms with Crippen LogP contribution >= 0.6 is 15.9 Å². The maximum Gasteiger partial charge on any atom is 0.492 e. The van der Waals surface area contributed by atoms with Gasteiger partial charge in [-0.05, 0) is 166 Å². The lowest BCUT2D eigenvalue weighted by molar-refractivity contribution is -0.141. The molecular formula is C66H74BBrO10. The molecule has 0 heterocycles. The molecule has 0 amide bonds. The van der Waals surface area contributed by atoms with Crippen LogP contribution in [0.2, 0.25) is 0 Å². The highest BCUT2D eigenvalue weighted by Crippen LogP contribution is 2.41. The summed E-state index contributed by atoms with van der Waals surface area (Å²) in [6, 6.07) is 40.7. The SMILES string of the molecule is CC#C[C@@H](CC(=O)OC)c1ccc(OC2CCc3ccc(-c4cc(C)ccc4OCCCC)cc32)cc1.CC#C[C@@H](CC(=O)OC)c1ccc(OC2CCc3ccc(Br)cc32)cc1.CCCCOc1ccc(C)cc1B(O)O. The maximum absolute atomic E-state index is 11.8. The van der Waals surface area contributed by atoms with Crippen LogP contribution in [-0.2, 0) is 31.9 Å². The third-order valence-electron chi connectivity index (χ3n) is 13.7. The zero-order chi connectivity index (χ0) is 56.0. The largest absolute Gasteiger partial charge is 0.494 e. The maximum atomic E-state index is 11.8. The Labute approximate surface area is 471 Å². The van der Waals surface area contributed by atoms with Crippen LogP contribution in [0.1, 0.15) is 148 Å². The van der Waals surface area contributed by atoms with Gasteiger partial charge in [-0.3, -0.25) is 9.59 Å². The van der Waals surface area contributed by atoms with E-state index in [1.54, 1.807) is 26.0 Å². The van der Waals surface area contributed by atoms with Gasteiger partial charge in [0.1, 0.15) is 35.2 Å². The molecular weight excluding hydrogens is 1040 g/mol. The normalized spacial score (nSPS) is 14.3. The van der Waals surface area contributed by atoms with Gasteiger partial charge in [-0.15, -0.1) is 11.8 Å². The minimum atomic E-state index is -1.47. The summed E-state index contributed by atoms with van der Waals surface area (Å²) < 4.78 is 35.0. The van der Waals surface area contributed by atoms with Crippen LogP contribution in [0.15, 0.2) is 126 Å². The molecule has 0 saturated heterocycles. The molecule has 0 aromatic heterocycles. The van der Waals surface area contributed by atoms with Crippen molar-refractivity contribution in [1.29, 1.82) is 0 Å². The van der Waals surface area contributed by atoms with E-state index in [1.807, 2.05) is 61.5 Å². The predicted octanol–water partition coefficient (Wildman–Crippen LogP) is 13.6. The van der Waals surface area contributed by atoms with Crippen molar-refractivity contribution in [2.45, 2.75) is 130 Å². The summed E-state index contributed by atoms with van der Waals surface area (Å²) in [5.74, 6) is 14.3. The Bertz CT molecular complexity index is 3040. The molecule has 2 N–H and O–H groups in total. The van der Waals surface area contributed by atoms with Gasteiger partial charge < -0.3 is 38.5 Å². The number of esters is 2. The van der Waals surface area contributed by atoms with Crippen molar-refractivity contribution in [3.63, 3.8) is 0 Å². The minimum Gasteiger partial charge on any atom is -0.494 e. The molecule has 2 unspecified atom stereocenters. The zero-order valence-corrected chi connectivity index (χ0v) is 48.0. The number of hydrogen-bond donors (Lipinski definition) is 2. The first-order chi connectivity index (χ1) is 37.8. The standard InChI is InChI=1S/C33H36O4.C22H21BrO3.C11H17BO3/c1-5-7-19-36-31-17-9-23(3)20-29(31)27-11-10-25-14-18-32(30(25)21-27)37-28-15-12-24(13-16-28)26(8-6-2)22-33(34)35-4;1-3-4-17(13-22(24)25-2)15-6-10-19(11-7-15)26-21-12-8-16-5-9-18(23)14-20(16)21;1-3-4-7-15-11-6-5-9(2)8-10(11)12(13)14/h9-13,15-17,20-21,26,32H,5,7,14,18-19,22H2,1-4H3;5-7,9-11,14,17,21H,8,12-13H2,1-2H3;5-6,8,13-14H,3-4,7H2,1-2H3/t26-,32?;17-,21?;/m00./s1. The average Bonchev–Trinajstić information content (AvgIpc) is 4.05. The molecule has 6 aromatic rings. The van der Waals surface area contributed by atoms with E-state index in [1.165, 1.54) is 42.0 Å². The number of benzene rings is 6. The first kappa shape index (κ1) is 60.3. The number of hydrogen-bond acceptors (Lipinski definition) is 10. The summed E-state index contributed by atoms with van der Waals surface area (Å²) in [5.41, 5.74) is 12.1. The highest BCUT2D eigenvalue weighted by Gasteiger charge is 2.27. The van der Waals surface area contributed by atoms with Gasteiger partial charge >= 0.3 is 19.1 Å². The van der Waals surface area contributed by atoms with Crippen molar-refractivity contribution >= 4 is 40.4 Å². The lowest BCUT2D eigenvalue weighted by Gasteiger charge is -2.18. The summed E-state index contributed by atoms with van der Waals surface area (Å²) >= 11 is 3.54. The van der Waals surface area contributed by atoms with Gasteiger partial charge in [-0.25, -0.2) is 0 Å². The quantitative estimate of drug-likeness (QED) is 0.0330. The first-order valence-electron chi connectivity index (χ1n) is 27.0. The van der Waals surface area contributed by atoms with E-state index in [9.17, 15) is 9.59 Å². The van der Waals surface area contributed by atoms with Crippen LogP contribution < -0.4 is 24.4 Å². The summed E-state index contributed by atoms with van der Waals surface area (Å²) in [5, 5.41) is 18.3. The highest BCUT2D eigenvalue weighted by molar-refractivity contribution is 9.10. The number of carbonyl (C=O) groups excluding carboxylic acids is 2. The summed E-state index contributed by atoms with van der Waals surface area (Å²) in [7, 11) is 1.33. The molecule has 4 atom stereocenters. The van der Waals surface area contributed by atoms with Crippen molar-refractivity contribution in [3.05, 3.63) is 170 Å². The third kappa shape index (κ3) is 17.5. The van der Waals surface area contributed by atoms with Crippen LogP contribution in [0, 0.1) is 37.5 Å². The van der Waals surface area contributed by atoms with Gasteiger partial charge in [0.25, 0.3) is 0 Å². The second-order valence-electron chi connectivity index (χ2n) is 19.5. The topological polar surface area (TPSA) is 130 Å². The van der Waals surface area contributed by atoms with Gasteiger partial charge in [0.2, 0.25) is 0 Å². The number of halogens is 1. The Balaban J connectivity index is 0.000000208. The number of aryl methyl sites for hydroxylation is 4. The van der Waals surface area contributed by atoms with E-state index in [0.29, 0.717) is 17.8 Å². The van der Waals surface area contributed by atoms with Gasteiger partial charge in [-0.2, -0.15) is 0 Å². The summed E-state index contributed by atoms with van der Waals surface area (Å²) in [6.45, 7) is 13.2. The second-order valence-corrected chi connectivity index (χ2v) is 20.4. The Morgan fingerprint density at radius 3 is 1.58 bits per heavy atom. The van der Waals surface area contributed by atoms with Crippen molar-refractivity contribution in [1.82, 2.24) is 0 Å². The monoisotopic (exact) mass is 1120 g/mol. The fourth-order valence-electron chi connectivity index (χ4n) is 9.40. The van der Waals surface area contributed by atoms with Gasteiger partial charge in [0.05, 0.1) is 52.1 Å². The van der Waals surface area contributed by atoms with Gasteiger partial charge in [0.15, 0.2) is 0 Å². The Morgan fingerprint density at radius 1 is 0.615 bits per heavy atom. The van der Waals surface area contributed by atoms with Crippen LogP contribution in [0.3, 0.4) is 0 Å². The van der Waals surface area contributed by atoms with E-state index in [0.717, 1.165) is 108 Å². The molecule has 78 heavy (non-hydrogen) atoms. The van der Waals surface area contributed by atoms with Crippen molar-refractivity contribution in [3.8, 4) is 57.8 Å². The van der Waals surface area contributed by atoms with Crippen molar-refractivity contribution < 1.29 is 48.1 Å². The number of fused-ring (bicyclic) bond motifs is 2. The van der Waals surface area contributed by atoms with E-state index in [2.05, 4.69) is 115 Å². The summed E-state index contributed by atoms with van der Waals surface area (Å²) in [4.78, 5) is 23.4. The zero-order valence-electron chi connectivity index (χ0n) is 46.5. The molecule has 6 aromatic carbocycles. The molecule has 0 bridgehead atoms. The number of unbranched alkanes of at least 4 members (excludes halogenated alkanes) is 2. The number of rotatable bonds is 20. The fraction of sp³-hybridized carbons (Fsp3) is 0.364. The average molecular weight is 1120 g/mol. The Kier molecular flexibility index (Phi) is 23.8. The van der Waals surface area contributed by atoms with E-state index < -0.39 is 7.12 Å². The molecule has 12 heteroatoms. The van der Waals surface area contributed by atoms with Gasteiger partial charge in [-0.1, -0.05) is 126 Å². The van der Waals surface area contributed by atoms with E-state index in [4.69, 9.17) is 38.5 Å². The van der Waals surface area contributed by atoms with Crippen molar-refractivity contribution in [2.24, 2.45) is 0 Å². The molecule has 0 fully saturated rings. The number of carbonyl (C=O) groups is 2. The second kappa shape index (κ2) is 30.8. The number of ether oxygens (including phenoxy) is 6. The minimum absolute atomic E-state index is 0.00336. The van der Waals surface area contributed by atoms with Crippen LogP contribution in [-0.4, -0.2) is 56.5 Å². The van der Waals surface area contributed by atoms with Crippen LogP contribution in [0.5, 0.6) is 23.0 Å². The number of methoxy groups -OCH3 is 2. The first-order valence-corrected chi connectivity index (χ1v) is 27.8. The van der Waals surface area contributed by atoms with Crippen LogP contribution in [0.4, 0.5) is 0 Å². The van der Waals surface area contributed by atoms with E-state index >= 15 is 0 Å². The van der Waals surface area contributed by atoms with Gasteiger partial charge in [0, 0.05) is 15.5 Å². The molecule has 0 spiro atoms. The smallest absolute Gasteiger partial charge is 0.492 e. The highest BCUT2D eigenvalue weighted by atomic mass is 79.9. The van der Waals surface area contributed by atoms with Crippen LogP contribution in [0.25, 0.3) is 11.1 Å². The molecule has 0 saturated carbocycles. The molecule has 10 nitrogen and oxygen atoms in total. The van der Waals surface area contributed by atoms with Crippen molar-refractivity contribution in [2.75, 3.05) is 27.4 Å².